The van der Waals surface area contributed by atoms with E-state index in [1.54, 1.807) is 12.1 Å². The number of aryl methyl sites for hydroxylation is 2. The summed E-state index contributed by atoms with van der Waals surface area (Å²) in [5.74, 6) is 0.612. The Bertz CT molecular complexity index is 518. The number of nitrogens with two attached hydrogens (primary N) is 1. The summed E-state index contributed by atoms with van der Waals surface area (Å²) in [6, 6.07) is 5.33. The van der Waals surface area contributed by atoms with Crippen LogP contribution in [0.5, 0.6) is 5.75 Å². The summed E-state index contributed by atoms with van der Waals surface area (Å²) < 4.78 is 4.84. The Hall–Kier alpha value is -1.97. The van der Waals surface area contributed by atoms with E-state index in [1.165, 1.54) is 0 Å². The molecule has 0 bridgehead atoms. The predicted octanol–water partition coefficient (Wildman–Crippen LogP) is 2.50. The number of nitrogen functional groups attached to an aromatic ring is 1. The molecule has 0 radical (unpaired) electrons. The molecule has 0 atom stereocenters. The van der Waals surface area contributed by atoms with E-state index in [1.807, 2.05) is 19.9 Å². The lowest BCUT2D eigenvalue weighted by atomic mass is 10.00. The number of benzene rings is 1. The Morgan fingerprint density at radius 3 is 2.69 bits per heavy atom. The second-order valence-electron chi connectivity index (χ2n) is 3.76. The topological polar surface area (TPSA) is 72.3 Å². The maximum absolute atomic E-state index is 9.70. The van der Waals surface area contributed by atoms with Gasteiger partial charge in [-0.25, -0.2) is 0 Å². The van der Waals surface area contributed by atoms with Gasteiger partial charge in [0.25, 0.3) is 0 Å². The molecular formula is C12H14N2O2. The lowest BCUT2D eigenvalue weighted by Gasteiger charge is -2.07. The van der Waals surface area contributed by atoms with Crippen molar-refractivity contribution in [2.75, 3.05) is 5.73 Å². The van der Waals surface area contributed by atoms with Crippen LogP contribution in [0.1, 0.15) is 18.1 Å². The number of aromatic hydroxyl groups is 1. The maximum Gasteiger partial charge on any atom is 0.222 e. The average molecular weight is 218 g/mol. The molecule has 3 N–H and O–H groups in total. The number of aromatic nitrogens is 1. The van der Waals surface area contributed by atoms with Crippen molar-refractivity contribution in [1.82, 2.24) is 5.16 Å². The van der Waals surface area contributed by atoms with E-state index in [2.05, 4.69) is 5.16 Å². The van der Waals surface area contributed by atoms with Crippen molar-refractivity contribution in [3.63, 3.8) is 0 Å². The highest BCUT2D eigenvalue weighted by atomic mass is 16.5. The molecule has 4 heteroatoms. The number of phenols is 1. The molecule has 0 unspecified atom stereocenters. The van der Waals surface area contributed by atoms with Gasteiger partial charge in [-0.1, -0.05) is 12.1 Å². The summed E-state index contributed by atoms with van der Waals surface area (Å²) in [7, 11) is 0. The molecule has 1 heterocycles. The Labute approximate surface area is 93.7 Å². The Balaban J connectivity index is 2.56. The van der Waals surface area contributed by atoms with Gasteiger partial charge in [0.15, 0.2) is 0 Å². The second-order valence-corrected chi connectivity index (χ2v) is 3.76. The zero-order valence-electron chi connectivity index (χ0n) is 9.32. The lowest BCUT2D eigenvalue weighted by Crippen LogP contribution is -1.89. The standard InChI is InChI=1S/C12H14N2O2/c1-3-8-5-9(7(2)4-11(8)15)10-6-12(13)16-14-10/h4-6,15H,3,13H2,1-2H3. The Morgan fingerprint density at radius 1 is 1.38 bits per heavy atom. The van der Waals surface area contributed by atoms with Gasteiger partial charge in [0.2, 0.25) is 5.88 Å². The van der Waals surface area contributed by atoms with Gasteiger partial charge in [0.05, 0.1) is 0 Å². The highest BCUT2D eigenvalue weighted by Crippen LogP contribution is 2.30. The SMILES string of the molecule is CCc1cc(-c2cc(N)on2)c(C)cc1O. The molecule has 1 aromatic carbocycles. The molecule has 0 saturated heterocycles. The number of rotatable bonds is 2. The Morgan fingerprint density at radius 2 is 2.12 bits per heavy atom. The van der Waals surface area contributed by atoms with Gasteiger partial charge >= 0.3 is 0 Å². The monoisotopic (exact) mass is 218 g/mol. The van der Waals surface area contributed by atoms with Gasteiger partial charge in [0, 0.05) is 11.6 Å². The molecule has 0 aliphatic rings. The van der Waals surface area contributed by atoms with E-state index in [0.717, 1.165) is 23.1 Å². The molecule has 4 nitrogen and oxygen atoms in total. The lowest BCUT2D eigenvalue weighted by molar-refractivity contribution is 0.439. The summed E-state index contributed by atoms with van der Waals surface area (Å²) in [6.45, 7) is 3.91. The molecule has 0 amide bonds. The van der Waals surface area contributed by atoms with Crippen molar-refractivity contribution in [2.45, 2.75) is 20.3 Å². The molecule has 84 valence electrons. The number of anilines is 1. The van der Waals surface area contributed by atoms with Gasteiger partial charge < -0.3 is 15.4 Å². The van der Waals surface area contributed by atoms with Crippen LogP contribution in [0.4, 0.5) is 5.88 Å². The van der Waals surface area contributed by atoms with Crippen molar-refractivity contribution in [1.29, 1.82) is 0 Å². The first kappa shape index (κ1) is 10.5. The van der Waals surface area contributed by atoms with E-state index in [0.29, 0.717) is 17.3 Å². The fourth-order valence-corrected chi connectivity index (χ4v) is 1.71. The van der Waals surface area contributed by atoms with E-state index in [4.69, 9.17) is 10.3 Å². The van der Waals surface area contributed by atoms with E-state index >= 15 is 0 Å². The minimum atomic E-state index is 0.292. The minimum absolute atomic E-state index is 0.292. The summed E-state index contributed by atoms with van der Waals surface area (Å²) >= 11 is 0. The molecule has 0 saturated carbocycles. The smallest absolute Gasteiger partial charge is 0.222 e. The van der Waals surface area contributed by atoms with Crippen molar-refractivity contribution in [3.8, 4) is 17.0 Å². The van der Waals surface area contributed by atoms with Crippen LogP contribution in [0.25, 0.3) is 11.3 Å². The third-order valence-electron chi connectivity index (χ3n) is 2.61. The van der Waals surface area contributed by atoms with E-state index in [-0.39, 0.29) is 0 Å². The summed E-state index contributed by atoms with van der Waals surface area (Å²) in [4.78, 5) is 0. The van der Waals surface area contributed by atoms with Gasteiger partial charge in [-0.05, 0) is 36.6 Å². The van der Waals surface area contributed by atoms with Crippen molar-refractivity contribution in [3.05, 3.63) is 29.3 Å². The highest BCUT2D eigenvalue weighted by molar-refractivity contribution is 5.67. The van der Waals surface area contributed by atoms with Crippen LogP contribution in [0.3, 0.4) is 0 Å². The van der Waals surface area contributed by atoms with Crippen LogP contribution >= 0.6 is 0 Å². The van der Waals surface area contributed by atoms with E-state index < -0.39 is 0 Å². The number of phenolic OH excluding ortho intramolecular Hbond substituents is 1. The van der Waals surface area contributed by atoms with Gasteiger partial charge in [-0.3, -0.25) is 0 Å². The molecule has 2 rings (SSSR count). The minimum Gasteiger partial charge on any atom is -0.508 e. The zero-order valence-corrected chi connectivity index (χ0v) is 9.32. The molecule has 1 aromatic heterocycles. The predicted molar refractivity (Wildman–Crippen MR) is 62.1 cm³/mol. The Kier molecular flexibility index (Phi) is 2.56. The van der Waals surface area contributed by atoms with Crippen LogP contribution in [-0.2, 0) is 6.42 Å². The quantitative estimate of drug-likeness (QED) is 0.812. The molecule has 0 fully saturated rings. The van der Waals surface area contributed by atoms with Crippen molar-refractivity contribution >= 4 is 5.88 Å². The molecule has 0 aliphatic carbocycles. The summed E-state index contributed by atoms with van der Waals surface area (Å²) in [6.07, 6.45) is 0.770. The summed E-state index contributed by atoms with van der Waals surface area (Å²) in [5, 5.41) is 13.6. The molecular weight excluding hydrogens is 204 g/mol. The fourth-order valence-electron chi connectivity index (χ4n) is 1.71. The average Bonchev–Trinajstić information content (AvgIpc) is 2.65. The van der Waals surface area contributed by atoms with Crippen LogP contribution in [0.15, 0.2) is 22.7 Å². The third kappa shape index (κ3) is 1.74. The zero-order chi connectivity index (χ0) is 11.7. The molecule has 0 spiro atoms. The second kappa shape index (κ2) is 3.89. The first-order valence-corrected chi connectivity index (χ1v) is 5.17. The van der Waals surface area contributed by atoms with Gasteiger partial charge in [-0.2, -0.15) is 0 Å². The van der Waals surface area contributed by atoms with Crippen LogP contribution in [0, 0.1) is 6.92 Å². The normalized spacial score (nSPS) is 10.6. The van der Waals surface area contributed by atoms with E-state index in [9.17, 15) is 5.11 Å². The first-order chi connectivity index (χ1) is 7.61. The number of hydrogen-bond acceptors (Lipinski definition) is 4. The number of nitrogens with zero attached hydrogens (tertiary/aromatic N) is 1. The molecule has 16 heavy (non-hydrogen) atoms. The molecule has 0 aliphatic heterocycles. The largest absolute Gasteiger partial charge is 0.508 e. The first-order valence-electron chi connectivity index (χ1n) is 5.17. The highest BCUT2D eigenvalue weighted by Gasteiger charge is 2.10. The summed E-state index contributed by atoms with van der Waals surface area (Å²) in [5.41, 5.74) is 8.96. The fraction of sp³-hybridized carbons (Fsp3) is 0.250. The third-order valence-corrected chi connectivity index (χ3v) is 2.61. The van der Waals surface area contributed by atoms with Crippen molar-refractivity contribution in [2.24, 2.45) is 0 Å². The van der Waals surface area contributed by atoms with Crippen LogP contribution in [-0.4, -0.2) is 10.3 Å². The van der Waals surface area contributed by atoms with Crippen molar-refractivity contribution < 1.29 is 9.63 Å². The van der Waals surface area contributed by atoms with Crippen LogP contribution < -0.4 is 5.73 Å². The van der Waals surface area contributed by atoms with Gasteiger partial charge in [0.1, 0.15) is 11.4 Å². The van der Waals surface area contributed by atoms with Gasteiger partial charge in [-0.15, -0.1) is 0 Å². The molecule has 2 aromatic rings. The van der Waals surface area contributed by atoms with Crippen LogP contribution in [0.2, 0.25) is 0 Å². The number of hydrogen-bond donors (Lipinski definition) is 2. The maximum atomic E-state index is 9.70.